The Labute approximate surface area is 218 Å². The lowest BCUT2D eigenvalue weighted by atomic mass is 9.90. The third-order valence-electron chi connectivity index (χ3n) is 5.81. The average Bonchev–Trinajstić information content (AvgIpc) is 3.39. The van der Waals surface area contributed by atoms with E-state index in [9.17, 15) is 9.59 Å². The van der Waals surface area contributed by atoms with Crippen LogP contribution >= 0.6 is 33.9 Å². The van der Waals surface area contributed by atoms with Gasteiger partial charge in [-0.3, -0.25) is 9.36 Å². The van der Waals surface area contributed by atoms with Crippen molar-refractivity contribution in [1.82, 2.24) is 4.57 Å². The van der Waals surface area contributed by atoms with E-state index in [0.717, 1.165) is 14.5 Å². The summed E-state index contributed by atoms with van der Waals surface area (Å²) in [7, 11) is 1.58. The normalized spacial score (nSPS) is 15.8. The van der Waals surface area contributed by atoms with E-state index in [1.165, 1.54) is 11.3 Å². The van der Waals surface area contributed by atoms with Crippen LogP contribution in [0, 0.1) is 3.77 Å². The summed E-state index contributed by atoms with van der Waals surface area (Å²) in [6.45, 7) is 3.72. The number of rotatable bonds is 5. The lowest BCUT2D eigenvalue weighted by Crippen LogP contribution is -2.40. The number of benzene rings is 2. The van der Waals surface area contributed by atoms with Gasteiger partial charge in [0.1, 0.15) is 17.6 Å². The SMILES string of the molecule is CCOC(=O)C1=C(C)N=c2s/c(=C/c3ccc(I)o3)c(=O)n2C1c1c(OC)ccc2ccccc12. The molecule has 2 aromatic carbocycles. The molecule has 4 aromatic rings. The molecular weight excluding hydrogens is 579 g/mol. The second-order valence-electron chi connectivity index (χ2n) is 7.85. The van der Waals surface area contributed by atoms with Crippen LogP contribution in [0.4, 0.5) is 0 Å². The van der Waals surface area contributed by atoms with Crippen molar-refractivity contribution in [3.8, 4) is 5.75 Å². The van der Waals surface area contributed by atoms with Gasteiger partial charge in [0, 0.05) is 11.6 Å². The largest absolute Gasteiger partial charge is 0.496 e. The molecule has 1 atom stereocenters. The summed E-state index contributed by atoms with van der Waals surface area (Å²) < 4.78 is 19.6. The van der Waals surface area contributed by atoms with Crippen LogP contribution in [0.15, 0.2) is 74.0 Å². The molecule has 5 rings (SSSR count). The second kappa shape index (κ2) is 9.46. The van der Waals surface area contributed by atoms with E-state index in [4.69, 9.17) is 13.9 Å². The molecule has 0 spiro atoms. The van der Waals surface area contributed by atoms with Gasteiger partial charge in [0.05, 0.1) is 29.5 Å². The number of hydrogen-bond acceptors (Lipinski definition) is 7. The van der Waals surface area contributed by atoms with E-state index in [1.54, 1.807) is 37.7 Å². The molecule has 178 valence electrons. The van der Waals surface area contributed by atoms with Crippen LogP contribution in [0.2, 0.25) is 0 Å². The van der Waals surface area contributed by atoms with Crippen molar-refractivity contribution in [2.75, 3.05) is 13.7 Å². The summed E-state index contributed by atoms with van der Waals surface area (Å²) in [6, 6.07) is 14.5. The molecule has 3 heterocycles. The minimum atomic E-state index is -0.773. The summed E-state index contributed by atoms with van der Waals surface area (Å²) in [6.07, 6.45) is 1.70. The van der Waals surface area contributed by atoms with Crippen LogP contribution in [0.25, 0.3) is 16.8 Å². The fraction of sp³-hybridized carbons (Fsp3) is 0.192. The van der Waals surface area contributed by atoms with Gasteiger partial charge in [-0.25, -0.2) is 9.79 Å². The van der Waals surface area contributed by atoms with E-state index in [2.05, 4.69) is 27.6 Å². The highest BCUT2D eigenvalue weighted by Gasteiger charge is 2.36. The van der Waals surface area contributed by atoms with Gasteiger partial charge in [-0.15, -0.1) is 0 Å². The lowest BCUT2D eigenvalue weighted by molar-refractivity contribution is -0.139. The highest BCUT2D eigenvalue weighted by atomic mass is 127. The van der Waals surface area contributed by atoms with Crippen LogP contribution in [-0.2, 0) is 9.53 Å². The van der Waals surface area contributed by atoms with Crippen molar-refractivity contribution in [2.24, 2.45) is 4.99 Å². The molecule has 0 radical (unpaired) electrons. The molecule has 0 bridgehead atoms. The first kappa shape index (κ1) is 23.6. The van der Waals surface area contributed by atoms with Gasteiger partial charge in [-0.05, 0) is 65.4 Å². The molecule has 0 amide bonds. The number of carbonyl (C=O) groups excluding carboxylic acids is 1. The highest BCUT2D eigenvalue weighted by Crippen LogP contribution is 2.40. The Morgan fingerprint density at radius 2 is 2.03 bits per heavy atom. The molecule has 0 aliphatic carbocycles. The Kier molecular flexibility index (Phi) is 6.37. The number of methoxy groups -OCH3 is 1. The van der Waals surface area contributed by atoms with Gasteiger partial charge in [-0.2, -0.15) is 0 Å². The van der Waals surface area contributed by atoms with Crippen LogP contribution in [0.5, 0.6) is 5.75 Å². The third kappa shape index (κ3) is 4.12. The zero-order valence-electron chi connectivity index (χ0n) is 19.2. The summed E-state index contributed by atoms with van der Waals surface area (Å²) in [5.41, 5.74) is 1.26. The number of esters is 1. The minimum Gasteiger partial charge on any atom is -0.496 e. The summed E-state index contributed by atoms with van der Waals surface area (Å²) in [4.78, 5) is 32.2. The van der Waals surface area contributed by atoms with Crippen molar-refractivity contribution < 1.29 is 18.7 Å². The van der Waals surface area contributed by atoms with Crippen LogP contribution < -0.4 is 19.6 Å². The molecule has 7 nitrogen and oxygen atoms in total. The van der Waals surface area contributed by atoms with Crippen molar-refractivity contribution >= 4 is 56.7 Å². The fourth-order valence-electron chi connectivity index (χ4n) is 4.34. The molecule has 2 aromatic heterocycles. The summed E-state index contributed by atoms with van der Waals surface area (Å²) >= 11 is 3.33. The molecule has 0 saturated carbocycles. The first-order valence-corrected chi connectivity index (χ1v) is 12.8. The fourth-order valence-corrected chi connectivity index (χ4v) is 5.80. The predicted molar refractivity (Wildman–Crippen MR) is 142 cm³/mol. The average molecular weight is 600 g/mol. The van der Waals surface area contributed by atoms with Gasteiger partial charge >= 0.3 is 5.97 Å². The summed E-state index contributed by atoms with van der Waals surface area (Å²) in [5, 5.41) is 1.84. The number of hydrogen-bond donors (Lipinski definition) is 0. The molecule has 1 aliphatic rings. The standard InChI is InChI=1S/C26H21IN2O5S/c1-4-33-25(31)21-14(2)28-26-29(24(30)19(35-26)13-16-10-12-20(27)34-16)23(21)22-17-8-6-5-7-15(17)9-11-18(22)32-3/h5-13,23H,4H2,1-3H3/b19-13+. The monoisotopic (exact) mass is 600 g/mol. The van der Waals surface area contributed by atoms with Crippen LogP contribution in [0.3, 0.4) is 0 Å². The van der Waals surface area contributed by atoms with E-state index in [-0.39, 0.29) is 12.2 Å². The van der Waals surface area contributed by atoms with Gasteiger partial charge in [-0.1, -0.05) is 41.7 Å². The Hall–Kier alpha value is -3.18. The van der Waals surface area contributed by atoms with E-state index >= 15 is 0 Å². The lowest BCUT2D eigenvalue weighted by Gasteiger charge is -2.27. The van der Waals surface area contributed by atoms with Gasteiger partial charge in [0.2, 0.25) is 0 Å². The number of ether oxygens (including phenoxy) is 2. The molecular formula is C26H21IN2O5S. The maximum Gasteiger partial charge on any atom is 0.338 e. The van der Waals surface area contributed by atoms with Crippen LogP contribution in [-0.4, -0.2) is 24.3 Å². The smallest absolute Gasteiger partial charge is 0.338 e. The van der Waals surface area contributed by atoms with Crippen LogP contribution in [0.1, 0.15) is 31.2 Å². The topological polar surface area (TPSA) is 83.0 Å². The quantitative estimate of drug-likeness (QED) is 0.254. The number of halogens is 1. The molecule has 0 fully saturated rings. The number of furan rings is 1. The molecule has 0 N–H and O–H groups in total. The minimum absolute atomic E-state index is 0.205. The number of thiazole rings is 1. The maximum absolute atomic E-state index is 13.8. The molecule has 0 saturated heterocycles. The Balaban J connectivity index is 1.86. The Morgan fingerprint density at radius 1 is 1.23 bits per heavy atom. The van der Waals surface area contributed by atoms with E-state index < -0.39 is 12.0 Å². The molecule has 9 heteroatoms. The molecule has 35 heavy (non-hydrogen) atoms. The van der Waals surface area contributed by atoms with Crippen molar-refractivity contribution in [3.63, 3.8) is 0 Å². The van der Waals surface area contributed by atoms with Crippen molar-refractivity contribution in [3.05, 3.63) is 94.6 Å². The second-order valence-corrected chi connectivity index (χ2v) is 9.92. The zero-order chi connectivity index (χ0) is 24.7. The number of allylic oxidation sites excluding steroid dienone is 1. The number of carbonyl (C=O) groups is 1. The van der Waals surface area contributed by atoms with Crippen molar-refractivity contribution in [2.45, 2.75) is 19.9 Å². The third-order valence-corrected chi connectivity index (χ3v) is 7.37. The zero-order valence-corrected chi connectivity index (χ0v) is 22.2. The van der Waals surface area contributed by atoms with E-state index in [0.29, 0.717) is 37.7 Å². The van der Waals surface area contributed by atoms with Gasteiger partial charge in [0.25, 0.3) is 5.56 Å². The van der Waals surface area contributed by atoms with Gasteiger partial charge in [0.15, 0.2) is 8.57 Å². The predicted octanol–water partition coefficient (Wildman–Crippen LogP) is 4.16. The first-order chi connectivity index (χ1) is 16.9. The number of nitrogens with zero attached hydrogens (tertiary/aromatic N) is 2. The van der Waals surface area contributed by atoms with E-state index in [1.807, 2.05) is 42.5 Å². The van der Waals surface area contributed by atoms with Crippen molar-refractivity contribution in [1.29, 1.82) is 0 Å². The first-order valence-electron chi connectivity index (χ1n) is 10.9. The maximum atomic E-state index is 13.8. The Bertz CT molecular complexity index is 1680. The molecule has 1 unspecified atom stereocenters. The summed E-state index contributed by atoms with van der Waals surface area (Å²) in [5.74, 6) is 0.629. The number of aromatic nitrogens is 1. The molecule has 1 aliphatic heterocycles. The van der Waals surface area contributed by atoms with Gasteiger partial charge < -0.3 is 13.9 Å². The number of fused-ring (bicyclic) bond motifs is 2. The Morgan fingerprint density at radius 3 is 2.74 bits per heavy atom. The highest BCUT2D eigenvalue weighted by molar-refractivity contribution is 14.1.